The predicted octanol–water partition coefficient (Wildman–Crippen LogP) is 2.32. The number of rotatable bonds is 7. The molecular formula is C19H27N3O4S. The summed E-state index contributed by atoms with van der Waals surface area (Å²) in [6.45, 7) is 1.07. The molecular weight excluding hydrogens is 366 g/mol. The molecule has 1 aromatic heterocycles. The number of thiophene rings is 1. The molecule has 2 heterocycles. The monoisotopic (exact) mass is 393 g/mol. The van der Waals surface area contributed by atoms with E-state index in [1.54, 1.807) is 35.3 Å². The zero-order valence-corrected chi connectivity index (χ0v) is 16.8. The number of hydrogen-bond donors (Lipinski definition) is 0. The Kier molecular flexibility index (Phi) is 6.16. The maximum Gasteiger partial charge on any atom is 0.327 e. The van der Waals surface area contributed by atoms with Gasteiger partial charge in [0.05, 0.1) is 13.2 Å². The Morgan fingerprint density at radius 3 is 2.67 bits per heavy atom. The summed E-state index contributed by atoms with van der Waals surface area (Å²) in [7, 11) is 3.27. The van der Waals surface area contributed by atoms with E-state index in [1.807, 2.05) is 17.5 Å². The summed E-state index contributed by atoms with van der Waals surface area (Å²) in [5, 5.41) is 1.96. The lowest BCUT2D eigenvalue weighted by Gasteiger charge is -2.35. The van der Waals surface area contributed by atoms with E-state index >= 15 is 0 Å². The molecule has 1 aromatic rings. The highest BCUT2D eigenvalue weighted by atomic mass is 32.1. The van der Waals surface area contributed by atoms with Gasteiger partial charge in [0, 0.05) is 25.6 Å². The summed E-state index contributed by atoms with van der Waals surface area (Å²) in [6, 6.07) is 3.54. The maximum atomic E-state index is 13.1. The van der Waals surface area contributed by atoms with Crippen molar-refractivity contribution in [1.29, 1.82) is 0 Å². The molecule has 2 aliphatic rings. The summed E-state index contributed by atoms with van der Waals surface area (Å²) in [6.07, 6.45) is 4.32. The highest BCUT2D eigenvalue weighted by Gasteiger charge is 2.55. The zero-order valence-electron chi connectivity index (χ0n) is 16.0. The smallest absolute Gasteiger partial charge is 0.327 e. The lowest BCUT2D eigenvalue weighted by molar-refractivity contribution is -0.141. The van der Waals surface area contributed by atoms with Gasteiger partial charge in [-0.05, 0) is 24.3 Å². The minimum absolute atomic E-state index is 0.209. The molecule has 1 spiro atoms. The van der Waals surface area contributed by atoms with Crippen LogP contribution in [0.3, 0.4) is 0 Å². The van der Waals surface area contributed by atoms with Crippen molar-refractivity contribution in [3.05, 3.63) is 22.4 Å². The fraction of sp³-hybridized carbons (Fsp3) is 0.632. The summed E-state index contributed by atoms with van der Waals surface area (Å²) >= 11 is 1.57. The lowest BCUT2D eigenvalue weighted by Crippen LogP contribution is -2.49. The normalized spacial score (nSPS) is 19.2. The third-order valence-electron chi connectivity index (χ3n) is 5.62. The van der Waals surface area contributed by atoms with Gasteiger partial charge in [0.1, 0.15) is 12.1 Å². The molecule has 1 saturated carbocycles. The number of hydrogen-bond acceptors (Lipinski definition) is 5. The average Bonchev–Trinajstić information content (AvgIpc) is 3.25. The number of methoxy groups -OCH3 is 1. The van der Waals surface area contributed by atoms with Gasteiger partial charge in [-0.25, -0.2) is 4.79 Å². The van der Waals surface area contributed by atoms with Crippen molar-refractivity contribution in [3.63, 3.8) is 0 Å². The van der Waals surface area contributed by atoms with Crippen molar-refractivity contribution in [2.75, 3.05) is 33.9 Å². The first-order valence-electron chi connectivity index (χ1n) is 9.38. The van der Waals surface area contributed by atoms with E-state index in [4.69, 9.17) is 4.74 Å². The number of carbonyl (C=O) groups is 3. The van der Waals surface area contributed by atoms with Crippen molar-refractivity contribution in [2.45, 2.75) is 44.2 Å². The van der Waals surface area contributed by atoms with Gasteiger partial charge >= 0.3 is 6.03 Å². The Labute approximate surface area is 163 Å². The van der Waals surface area contributed by atoms with E-state index in [1.165, 1.54) is 0 Å². The van der Waals surface area contributed by atoms with Crippen molar-refractivity contribution >= 4 is 29.2 Å². The zero-order chi connectivity index (χ0) is 19.4. The second-order valence-corrected chi connectivity index (χ2v) is 8.24. The van der Waals surface area contributed by atoms with Crippen molar-refractivity contribution in [1.82, 2.24) is 14.7 Å². The van der Waals surface area contributed by atoms with Gasteiger partial charge in [-0.2, -0.15) is 0 Å². The maximum absolute atomic E-state index is 13.1. The predicted molar refractivity (Wildman–Crippen MR) is 102 cm³/mol. The summed E-state index contributed by atoms with van der Waals surface area (Å²) in [5.74, 6) is -0.450. The first-order valence-corrected chi connectivity index (χ1v) is 10.3. The molecule has 2 fully saturated rings. The van der Waals surface area contributed by atoms with Crippen LogP contribution in [0.15, 0.2) is 17.5 Å². The van der Waals surface area contributed by atoms with Gasteiger partial charge in [-0.15, -0.1) is 11.3 Å². The van der Waals surface area contributed by atoms with E-state index in [0.29, 0.717) is 32.5 Å². The number of nitrogens with zero attached hydrogens (tertiary/aromatic N) is 3. The van der Waals surface area contributed by atoms with Crippen LogP contribution in [0, 0.1) is 0 Å². The number of amides is 4. The molecule has 0 N–H and O–H groups in total. The second kappa shape index (κ2) is 8.39. The van der Waals surface area contributed by atoms with E-state index in [9.17, 15) is 14.4 Å². The number of likely N-dealkylation sites (N-methyl/N-ethyl adjacent to an activating group) is 1. The Morgan fingerprint density at radius 1 is 1.30 bits per heavy atom. The summed E-state index contributed by atoms with van der Waals surface area (Å²) in [5.41, 5.74) is -0.749. The van der Waals surface area contributed by atoms with Crippen molar-refractivity contribution < 1.29 is 19.1 Å². The molecule has 1 aliphatic heterocycles. The fourth-order valence-electron chi connectivity index (χ4n) is 3.99. The lowest BCUT2D eigenvalue weighted by atomic mass is 9.81. The van der Waals surface area contributed by atoms with Gasteiger partial charge in [-0.1, -0.05) is 25.3 Å². The molecule has 0 aromatic carbocycles. The average molecular weight is 394 g/mol. The van der Waals surface area contributed by atoms with Crippen LogP contribution in [0.4, 0.5) is 4.79 Å². The van der Waals surface area contributed by atoms with Gasteiger partial charge in [0.15, 0.2) is 0 Å². The molecule has 3 rings (SSSR count). The highest BCUT2D eigenvalue weighted by Crippen LogP contribution is 2.39. The SMILES string of the molecule is COCCN(Cc1cccs1)C(=O)CN1C(=O)N(C)C2(CCCCC2)C1=O. The van der Waals surface area contributed by atoms with Crippen LogP contribution in [0.1, 0.15) is 37.0 Å². The molecule has 7 nitrogen and oxygen atoms in total. The van der Waals surface area contributed by atoms with Crippen LogP contribution >= 0.6 is 11.3 Å². The third kappa shape index (κ3) is 3.87. The molecule has 0 bridgehead atoms. The van der Waals surface area contributed by atoms with E-state index in [-0.39, 0.29) is 24.4 Å². The first kappa shape index (κ1) is 19.8. The molecule has 148 valence electrons. The Morgan fingerprint density at radius 2 is 2.04 bits per heavy atom. The van der Waals surface area contributed by atoms with Crippen LogP contribution < -0.4 is 0 Å². The van der Waals surface area contributed by atoms with Crippen LogP contribution in [-0.4, -0.2) is 71.9 Å². The third-order valence-corrected chi connectivity index (χ3v) is 6.48. The molecule has 0 unspecified atom stereocenters. The molecule has 4 amide bonds. The largest absolute Gasteiger partial charge is 0.383 e. The fourth-order valence-corrected chi connectivity index (χ4v) is 4.71. The molecule has 27 heavy (non-hydrogen) atoms. The molecule has 1 aliphatic carbocycles. The standard InChI is InChI=1S/C19H27N3O4S/c1-20-18(25)22(17(24)19(20)8-4-3-5-9-19)14-16(23)21(10-11-26-2)13-15-7-6-12-27-15/h6-7,12H,3-5,8-11,13-14H2,1-2H3. The Balaban J connectivity index is 1.72. The Hall–Kier alpha value is -1.93. The molecule has 0 radical (unpaired) electrons. The van der Waals surface area contributed by atoms with Crippen LogP contribution in [0.2, 0.25) is 0 Å². The van der Waals surface area contributed by atoms with Gasteiger partial charge in [-0.3, -0.25) is 14.5 Å². The van der Waals surface area contributed by atoms with E-state index in [0.717, 1.165) is 29.0 Å². The van der Waals surface area contributed by atoms with Crippen LogP contribution in [0.25, 0.3) is 0 Å². The quantitative estimate of drug-likeness (QED) is 0.667. The number of imide groups is 1. The minimum Gasteiger partial charge on any atom is -0.383 e. The second-order valence-electron chi connectivity index (χ2n) is 7.21. The molecule has 1 saturated heterocycles. The van der Waals surface area contributed by atoms with Crippen molar-refractivity contribution in [2.24, 2.45) is 0 Å². The molecule has 0 atom stereocenters. The molecule has 8 heteroatoms. The van der Waals surface area contributed by atoms with Gasteiger partial charge in [0.2, 0.25) is 5.91 Å². The first-order chi connectivity index (χ1) is 13.0. The Bertz CT molecular complexity index is 685. The van der Waals surface area contributed by atoms with Gasteiger partial charge < -0.3 is 14.5 Å². The van der Waals surface area contributed by atoms with Gasteiger partial charge in [0.25, 0.3) is 5.91 Å². The number of urea groups is 1. The van der Waals surface area contributed by atoms with E-state index in [2.05, 4.69) is 0 Å². The number of carbonyl (C=O) groups excluding carboxylic acids is 3. The highest BCUT2D eigenvalue weighted by molar-refractivity contribution is 7.09. The number of ether oxygens (including phenoxy) is 1. The van der Waals surface area contributed by atoms with Crippen molar-refractivity contribution in [3.8, 4) is 0 Å². The summed E-state index contributed by atoms with van der Waals surface area (Å²) < 4.78 is 5.11. The van der Waals surface area contributed by atoms with Crippen LogP contribution in [0.5, 0.6) is 0 Å². The topological polar surface area (TPSA) is 70.2 Å². The summed E-state index contributed by atoms with van der Waals surface area (Å²) in [4.78, 5) is 44.1. The minimum atomic E-state index is -0.749. The van der Waals surface area contributed by atoms with E-state index < -0.39 is 5.54 Å². The van der Waals surface area contributed by atoms with Crippen LogP contribution in [-0.2, 0) is 20.9 Å².